The van der Waals surface area contributed by atoms with E-state index in [2.05, 4.69) is 5.32 Å². The fourth-order valence-corrected chi connectivity index (χ4v) is 1.24. The average Bonchev–Trinajstić information content (AvgIpc) is 2.65. The van der Waals surface area contributed by atoms with E-state index in [1.807, 2.05) is 25.2 Å². The van der Waals surface area contributed by atoms with Gasteiger partial charge in [-0.2, -0.15) is 0 Å². The number of ether oxygens (including phenoxy) is 3. The minimum Gasteiger partial charge on any atom is -0.492 e. The third-order valence-corrected chi connectivity index (χ3v) is 1.96. The second-order valence-electron chi connectivity index (χ2n) is 2.97. The van der Waals surface area contributed by atoms with E-state index in [9.17, 15) is 0 Å². The first-order valence-electron chi connectivity index (χ1n) is 4.57. The van der Waals surface area contributed by atoms with E-state index < -0.39 is 0 Å². The van der Waals surface area contributed by atoms with Crippen LogP contribution >= 0.6 is 0 Å². The summed E-state index contributed by atoms with van der Waals surface area (Å²) in [4.78, 5) is 0. The fraction of sp³-hybridized carbons (Fsp3) is 0.400. The molecule has 4 heteroatoms. The van der Waals surface area contributed by atoms with Gasteiger partial charge in [-0.15, -0.1) is 0 Å². The van der Waals surface area contributed by atoms with Crippen molar-refractivity contribution in [1.29, 1.82) is 0 Å². The molecule has 4 nitrogen and oxygen atoms in total. The van der Waals surface area contributed by atoms with E-state index in [0.29, 0.717) is 13.4 Å². The maximum Gasteiger partial charge on any atom is 0.231 e. The van der Waals surface area contributed by atoms with Gasteiger partial charge in [0.05, 0.1) is 0 Å². The van der Waals surface area contributed by atoms with E-state index in [-0.39, 0.29) is 0 Å². The van der Waals surface area contributed by atoms with E-state index >= 15 is 0 Å². The molecule has 0 aliphatic carbocycles. The van der Waals surface area contributed by atoms with Crippen molar-refractivity contribution in [1.82, 2.24) is 5.32 Å². The molecule has 0 atom stereocenters. The highest BCUT2D eigenvalue weighted by Crippen LogP contribution is 2.34. The van der Waals surface area contributed by atoms with E-state index in [1.54, 1.807) is 0 Å². The summed E-state index contributed by atoms with van der Waals surface area (Å²) in [7, 11) is 1.89. The van der Waals surface area contributed by atoms with Gasteiger partial charge in [-0.25, -0.2) is 0 Å². The Morgan fingerprint density at radius 1 is 1.36 bits per heavy atom. The molecule has 1 N–H and O–H groups in total. The van der Waals surface area contributed by atoms with Gasteiger partial charge in [0.25, 0.3) is 0 Å². The molecule has 1 aliphatic heterocycles. The highest BCUT2D eigenvalue weighted by molar-refractivity contribution is 5.46. The van der Waals surface area contributed by atoms with Crippen molar-refractivity contribution in [2.24, 2.45) is 0 Å². The number of nitrogens with one attached hydrogen (secondary N) is 1. The molecule has 2 rings (SSSR count). The largest absolute Gasteiger partial charge is 0.492 e. The number of likely N-dealkylation sites (N-methyl/N-ethyl adjacent to an activating group) is 1. The standard InChI is InChI=1S/C10H13NO3/c1-11-4-5-12-8-2-3-9-10(6-8)14-7-13-9/h2-3,6,11H,4-5,7H2,1H3. The van der Waals surface area contributed by atoms with Gasteiger partial charge in [-0.1, -0.05) is 0 Å². The molecule has 14 heavy (non-hydrogen) atoms. The second-order valence-corrected chi connectivity index (χ2v) is 2.97. The van der Waals surface area contributed by atoms with Crippen LogP contribution < -0.4 is 19.5 Å². The van der Waals surface area contributed by atoms with Gasteiger partial charge in [-0.3, -0.25) is 0 Å². The molecule has 0 spiro atoms. The lowest BCUT2D eigenvalue weighted by molar-refractivity contribution is 0.173. The van der Waals surface area contributed by atoms with Gasteiger partial charge in [0.15, 0.2) is 11.5 Å². The van der Waals surface area contributed by atoms with Gasteiger partial charge >= 0.3 is 0 Å². The Kier molecular flexibility index (Phi) is 2.74. The third kappa shape index (κ3) is 1.90. The zero-order valence-electron chi connectivity index (χ0n) is 8.08. The molecule has 0 bridgehead atoms. The summed E-state index contributed by atoms with van der Waals surface area (Å²) in [6.45, 7) is 1.78. The molecule has 76 valence electrons. The molecule has 1 aliphatic rings. The molecule has 0 saturated carbocycles. The molecule has 0 amide bonds. The van der Waals surface area contributed by atoms with Crippen molar-refractivity contribution >= 4 is 0 Å². The Bertz CT molecular complexity index is 314. The molecule has 1 aromatic rings. The molecule has 0 aromatic heterocycles. The monoisotopic (exact) mass is 195 g/mol. The smallest absolute Gasteiger partial charge is 0.231 e. The number of hydrogen-bond donors (Lipinski definition) is 1. The van der Waals surface area contributed by atoms with Gasteiger partial charge in [0.1, 0.15) is 12.4 Å². The number of rotatable bonds is 4. The summed E-state index contributed by atoms with van der Waals surface area (Å²) >= 11 is 0. The molecule has 0 fully saturated rings. The van der Waals surface area contributed by atoms with Crippen molar-refractivity contribution in [2.75, 3.05) is 27.0 Å². The normalized spacial score (nSPS) is 12.9. The summed E-state index contributed by atoms with van der Waals surface area (Å²) < 4.78 is 15.9. The fourth-order valence-electron chi connectivity index (χ4n) is 1.24. The van der Waals surface area contributed by atoms with Crippen molar-refractivity contribution in [3.8, 4) is 17.2 Å². The zero-order valence-corrected chi connectivity index (χ0v) is 8.08. The maximum atomic E-state index is 5.47. The van der Waals surface area contributed by atoms with Crippen molar-refractivity contribution in [3.05, 3.63) is 18.2 Å². The third-order valence-electron chi connectivity index (χ3n) is 1.96. The Morgan fingerprint density at radius 2 is 2.21 bits per heavy atom. The number of benzene rings is 1. The Balaban J connectivity index is 1.98. The minimum atomic E-state index is 0.301. The van der Waals surface area contributed by atoms with Gasteiger partial charge in [0.2, 0.25) is 6.79 Å². The molecular weight excluding hydrogens is 182 g/mol. The van der Waals surface area contributed by atoms with Gasteiger partial charge in [0, 0.05) is 12.6 Å². The zero-order chi connectivity index (χ0) is 9.80. The van der Waals surface area contributed by atoms with E-state index in [4.69, 9.17) is 14.2 Å². The second kappa shape index (κ2) is 4.19. The first kappa shape index (κ1) is 9.15. The molecule has 1 heterocycles. The Morgan fingerprint density at radius 3 is 3.07 bits per heavy atom. The van der Waals surface area contributed by atoms with Gasteiger partial charge in [-0.05, 0) is 19.2 Å². The summed E-state index contributed by atoms with van der Waals surface area (Å²) in [5.74, 6) is 2.35. The van der Waals surface area contributed by atoms with Crippen LogP contribution in [-0.4, -0.2) is 27.0 Å². The molecule has 0 saturated heterocycles. The van der Waals surface area contributed by atoms with E-state index in [1.165, 1.54) is 0 Å². The van der Waals surface area contributed by atoms with E-state index in [0.717, 1.165) is 23.8 Å². The highest BCUT2D eigenvalue weighted by Gasteiger charge is 2.13. The molecular formula is C10H13NO3. The van der Waals surface area contributed by atoms with Crippen LogP contribution in [-0.2, 0) is 0 Å². The highest BCUT2D eigenvalue weighted by atomic mass is 16.7. The SMILES string of the molecule is CNCCOc1ccc2c(c1)OCO2. The molecule has 1 aromatic carbocycles. The minimum absolute atomic E-state index is 0.301. The van der Waals surface area contributed by atoms with Crippen molar-refractivity contribution in [3.63, 3.8) is 0 Å². The van der Waals surface area contributed by atoms with Crippen molar-refractivity contribution < 1.29 is 14.2 Å². The van der Waals surface area contributed by atoms with Crippen LogP contribution in [0.15, 0.2) is 18.2 Å². The van der Waals surface area contributed by atoms with Crippen LogP contribution in [0.25, 0.3) is 0 Å². The lowest BCUT2D eigenvalue weighted by atomic mass is 10.3. The first-order valence-corrected chi connectivity index (χ1v) is 4.57. The summed E-state index contributed by atoms with van der Waals surface area (Å²) in [5, 5.41) is 3.01. The summed E-state index contributed by atoms with van der Waals surface area (Å²) in [5.41, 5.74) is 0. The van der Waals surface area contributed by atoms with Crippen LogP contribution in [0.4, 0.5) is 0 Å². The average molecular weight is 195 g/mol. The lowest BCUT2D eigenvalue weighted by Gasteiger charge is -2.05. The number of hydrogen-bond acceptors (Lipinski definition) is 4. The summed E-state index contributed by atoms with van der Waals surface area (Å²) in [6, 6.07) is 5.58. The topological polar surface area (TPSA) is 39.7 Å². The Labute approximate surface area is 82.8 Å². The molecule has 0 unspecified atom stereocenters. The van der Waals surface area contributed by atoms with Crippen LogP contribution in [0, 0.1) is 0 Å². The van der Waals surface area contributed by atoms with Gasteiger partial charge < -0.3 is 19.5 Å². The van der Waals surface area contributed by atoms with Crippen LogP contribution in [0.3, 0.4) is 0 Å². The predicted octanol–water partition coefficient (Wildman–Crippen LogP) is 1.01. The first-order chi connectivity index (χ1) is 6.90. The molecule has 0 radical (unpaired) electrons. The maximum absolute atomic E-state index is 5.47. The predicted molar refractivity (Wildman–Crippen MR) is 52.0 cm³/mol. The van der Waals surface area contributed by atoms with Crippen LogP contribution in [0.1, 0.15) is 0 Å². The van der Waals surface area contributed by atoms with Crippen LogP contribution in [0.2, 0.25) is 0 Å². The number of fused-ring (bicyclic) bond motifs is 1. The van der Waals surface area contributed by atoms with Crippen LogP contribution in [0.5, 0.6) is 17.2 Å². The quantitative estimate of drug-likeness (QED) is 0.728. The lowest BCUT2D eigenvalue weighted by Crippen LogP contribution is -2.15. The Hall–Kier alpha value is -1.42. The summed E-state index contributed by atoms with van der Waals surface area (Å²) in [6.07, 6.45) is 0. The van der Waals surface area contributed by atoms with Crippen molar-refractivity contribution in [2.45, 2.75) is 0 Å².